The lowest BCUT2D eigenvalue weighted by molar-refractivity contribution is 0.0405. The zero-order valence-electron chi connectivity index (χ0n) is 12.3. The molecular formula is C13H15BBrF3N2O3. The van der Waals surface area contributed by atoms with Crippen LogP contribution in [0.1, 0.15) is 10.4 Å². The number of carbonyl (C=O) groups excluding carboxylic acids is 1. The average molecular weight is 395 g/mol. The van der Waals surface area contributed by atoms with Gasteiger partial charge in [-0.15, -0.1) is 0 Å². The van der Waals surface area contributed by atoms with Crippen LogP contribution >= 0.6 is 15.9 Å². The molecule has 10 heteroatoms. The van der Waals surface area contributed by atoms with Crippen LogP contribution in [0, 0.1) is 17.5 Å². The summed E-state index contributed by atoms with van der Waals surface area (Å²) in [5.41, 5.74) is -0.991. The number of aliphatic hydroxyl groups is 1. The maximum atomic E-state index is 14.0. The molecule has 0 spiro atoms. The van der Waals surface area contributed by atoms with Crippen LogP contribution in [0.25, 0.3) is 0 Å². The molecule has 23 heavy (non-hydrogen) atoms. The van der Waals surface area contributed by atoms with E-state index < -0.39 is 53.1 Å². The van der Waals surface area contributed by atoms with Crippen LogP contribution in [-0.2, 0) is 0 Å². The van der Waals surface area contributed by atoms with Gasteiger partial charge in [-0.05, 0) is 28.8 Å². The second-order valence-corrected chi connectivity index (χ2v) is 6.16. The van der Waals surface area contributed by atoms with Crippen LogP contribution in [0.4, 0.5) is 13.2 Å². The molecule has 1 aliphatic rings. The van der Waals surface area contributed by atoms with Gasteiger partial charge >= 0.3 is 7.05 Å². The molecule has 1 fully saturated rings. The van der Waals surface area contributed by atoms with Gasteiger partial charge in [-0.3, -0.25) is 4.79 Å². The first kappa shape index (κ1) is 18.2. The first-order valence-corrected chi connectivity index (χ1v) is 7.74. The molecule has 0 unspecified atom stereocenters. The largest absolute Gasteiger partial charge is 0.437 e. The van der Waals surface area contributed by atoms with Crippen LogP contribution in [0.2, 0.25) is 6.82 Å². The van der Waals surface area contributed by atoms with Crippen molar-refractivity contribution in [2.75, 3.05) is 26.2 Å². The number of hydrogen-bond acceptors (Lipinski definition) is 4. The summed E-state index contributed by atoms with van der Waals surface area (Å²) in [5, 5.41) is 19.0. The summed E-state index contributed by atoms with van der Waals surface area (Å²) in [6, 6.07) is -0.0672. The third-order valence-corrected chi connectivity index (χ3v) is 4.42. The summed E-state index contributed by atoms with van der Waals surface area (Å²) in [7, 11) is -0.778. The molecule has 1 atom stereocenters. The Morgan fingerprint density at radius 2 is 2.04 bits per heavy atom. The minimum atomic E-state index is -1.57. The Morgan fingerprint density at radius 3 is 2.61 bits per heavy atom. The monoisotopic (exact) mass is 394 g/mol. The van der Waals surface area contributed by atoms with Gasteiger partial charge in [-0.25, -0.2) is 13.2 Å². The summed E-state index contributed by atoms with van der Waals surface area (Å²) in [6.07, 6.45) is 0. The number of nitrogens with zero attached hydrogens (tertiary/aromatic N) is 2. The van der Waals surface area contributed by atoms with Gasteiger partial charge in [0, 0.05) is 19.6 Å². The van der Waals surface area contributed by atoms with Crippen molar-refractivity contribution < 1.29 is 28.1 Å². The molecule has 2 rings (SSSR count). The predicted octanol–water partition coefficient (Wildman–Crippen LogP) is 1.10. The summed E-state index contributed by atoms with van der Waals surface area (Å²) in [4.78, 5) is 15.1. The third-order valence-electron chi connectivity index (χ3n) is 3.84. The Morgan fingerprint density at radius 1 is 1.39 bits per heavy atom. The zero-order valence-corrected chi connectivity index (χ0v) is 13.9. The van der Waals surface area contributed by atoms with Gasteiger partial charge in [0.05, 0.1) is 17.1 Å². The first-order valence-electron chi connectivity index (χ1n) is 6.94. The molecular weight excluding hydrogens is 380 g/mol. The Bertz CT molecular complexity index is 621. The molecule has 1 saturated heterocycles. The molecule has 1 aliphatic heterocycles. The number of rotatable bonds is 3. The number of hydrogen-bond donors (Lipinski definition) is 2. The second-order valence-electron chi connectivity index (χ2n) is 5.30. The number of aliphatic hydroxyl groups excluding tert-OH is 1. The van der Waals surface area contributed by atoms with Crippen molar-refractivity contribution in [1.29, 1.82) is 0 Å². The summed E-state index contributed by atoms with van der Waals surface area (Å²) in [6.45, 7) is 1.54. The van der Waals surface area contributed by atoms with E-state index in [4.69, 9.17) is 0 Å². The molecule has 2 N–H and O–H groups in total. The van der Waals surface area contributed by atoms with Gasteiger partial charge < -0.3 is 19.8 Å². The van der Waals surface area contributed by atoms with E-state index >= 15 is 0 Å². The lowest BCUT2D eigenvalue weighted by atomic mass is 9.83. The Hall–Kier alpha value is -1.10. The van der Waals surface area contributed by atoms with Gasteiger partial charge in [-0.2, -0.15) is 0 Å². The molecule has 0 saturated carbocycles. The highest BCUT2D eigenvalue weighted by molar-refractivity contribution is 9.10. The molecule has 0 aliphatic carbocycles. The van der Waals surface area contributed by atoms with Gasteiger partial charge in [0.1, 0.15) is 11.4 Å². The van der Waals surface area contributed by atoms with Crippen LogP contribution in [0.5, 0.6) is 0 Å². The summed E-state index contributed by atoms with van der Waals surface area (Å²) in [5.74, 6) is -5.14. The molecule has 1 heterocycles. The minimum absolute atomic E-state index is 0.0471. The van der Waals surface area contributed by atoms with E-state index in [-0.39, 0.29) is 19.6 Å². The zero-order chi connectivity index (χ0) is 17.3. The predicted molar refractivity (Wildman–Crippen MR) is 81.3 cm³/mol. The Balaban J connectivity index is 2.32. The van der Waals surface area contributed by atoms with Crippen molar-refractivity contribution in [2.45, 2.75) is 12.9 Å². The quantitative estimate of drug-likeness (QED) is 0.457. The number of piperazine rings is 1. The molecule has 126 valence electrons. The van der Waals surface area contributed by atoms with Crippen molar-refractivity contribution in [3.8, 4) is 0 Å². The summed E-state index contributed by atoms with van der Waals surface area (Å²) < 4.78 is 41.1. The van der Waals surface area contributed by atoms with Crippen LogP contribution in [-0.4, -0.2) is 65.1 Å². The van der Waals surface area contributed by atoms with Gasteiger partial charge in [0.25, 0.3) is 5.91 Å². The van der Waals surface area contributed by atoms with Gasteiger partial charge in [-0.1, -0.05) is 0 Å². The maximum Gasteiger partial charge on any atom is 0.376 e. The fraction of sp³-hybridized carbons (Fsp3) is 0.462. The standard InChI is InChI=1S/C13H15BBrF3N2O3/c1-14(23)19-2-3-20(7(5-19)6-21)13(22)10-9(16)4-8(15)11(17)12(10)18/h4,7,21,23H,2-3,5-6H2,1H3/t7-/m1/s1. The number of carbonyl (C=O) groups is 1. The second kappa shape index (κ2) is 7.21. The third kappa shape index (κ3) is 3.55. The van der Waals surface area contributed by atoms with E-state index in [0.29, 0.717) is 6.07 Å². The fourth-order valence-corrected chi connectivity index (χ4v) is 2.92. The van der Waals surface area contributed by atoms with E-state index in [1.807, 2.05) is 0 Å². The molecule has 5 nitrogen and oxygen atoms in total. The molecule has 1 aromatic carbocycles. The highest BCUT2D eigenvalue weighted by atomic mass is 79.9. The van der Waals surface area contributed by atoms with E-state index in [9.17, 15) is 28.1 Å². The average Bonchev–Trinajstić information content (AvgIpc) is 2.51. The highest BCUT2D eigenvalue weighted by Gasteiger charge is 2.36. The van der Waals surface area contributed by atoms with Crippen molar-refractivity contribution in [2.24, 2.45) is 0 Å². The van der Waals surface area contributed by atoms with Crippen molar-refractivity contribution in [3.63, 3.8) is 0 Å². The van der Waals surface area contributed by atoms with Crippen molar-refractivity contribution in [1.82, 2.24) is 9.71 Å². The SMILES string of the molecule is CB(O)N1CCN(C(=O)c2c(F)cc(Br)c(F)c2F)[C@@H](CO)C1. The highest BCUT2D eigenvalue weighted by Crippen LogP contribution is 2.26. The minimum Gasteiger partial charge on any atom is -0.437 e. The molecule has 0 aromatic heterocycles. The molecule has 0 bridgehead atoms. The maximum absolute atomic E-state index is 14.0. The van der Waals surface area contributed by atoms with E-state index in [1.54, 1.807) is 4.81 Å². The van der Waals surface area contributed by atoms with Crippen LogP contribution in [0.15, 0.2) is 10.5 Å². The topological polar surface area (TPSA) is 64.0 Å². The Labute approximate surface area is 139 Å². The lowest BCUT2D eigenvalue weighted by Gasteiger charge is -2.41. The van der Waals surface area contributed by atoms with E-state index in [2.05, 4.69) is 15.9 Å². The van der Waals surface area contributed by atoms with Gasteiger partial charge in [0.2, 0.25) is 0 Å². The molecule has 0 radical (unpaired) electrons. The van der Waals surface area contributed by atoms with E-state index in [0.717, 1.165) is 4.90 Å². The first-order chi connectivity index (χ1) is 10.8. The number of amides is 1. The number of benzene rings is 1. The van der Waals surface area contributed by atoms with Gasteiger partial charge in [0.15, 0.2) is 11.6 Å². The summed E-state index contributed by atoms with van der Waals surface area (Å²) >= 11 is 2.67. The van der Waals surface area contributed by atoms with Crippen LogP contribution < -0.4 is 0 Å². The molecule has 1 amide bonds. The smallest absolute Gasteiger partial charge is 0.376 e. The molecule has 1 aromatic rings. The normalized spacial score (nSPS) is 19.1. The fourth-order valence-electron chi connectivity index (χ4n) is 2.55. The Kier molecular flexibility index (Phi) is 5.72. The van der Waals surface area contributed by atoms with Crippen molar-refractivity contribution >= 4 is 28.9 Å². The van der Waals surface area contributed by atoms with E-state index in [1.165, 1.54) is 6.82 Å². The number of halogens is 4. The van der Waals surface area contributed by atoms with Crippen molar-refractivity contribution in [3.05, 3.63) is 33.6 Å². The van der Waals surface area contributed by atoms with Crippen LogP contribution in [0.3, 0.4) is 0 Å². The lowest BCUT2D eigenvalue weighted by Crippen LogP contribution is -2.59.